The fourth-order valence-electron chi connectivity index (χ4n) is 2.09. The van der Waals surface area contributed by atoms with E-state index in [4.69, 9.17) is 11.6 Å². The Morgan fingerprint density at radius 1 is 1.15 bits per heavy atom. The number of hydrogen-bond donors (Lipinski definition) is 0. The molecule has 0 amide bonds. The van der Waals surface area contributed by atoms with E-state index in [1.54, 1.807) is 12.1 Å². The predicted molar refractivity (Wildman–Crippen MR) is 79.8 cm³/mol. The lowest BCUT2D eigenvalue weighted by Gasteiger charge is -2.07. The van der Waals surface area contributed by atoms with E-state index in [9.17, 15) is 9.18 Å². The van der Waals surface area contributed by atoms with Gasteiger partial charge in [0.15, 0.2) is 5.78 Å². The summed E-state index contributed by atoms with van der Waals surface area (Å²) in [5.74, 6) is -0.0620. The third kappa shape index (κ3) is 3.45. The smallest absolute Gasteiger partial charge is 0.194 e. The molecular formula is C17H16ClFO. The molecule has 2 aromatic rings. The van der Waals surface area contributed by atoms with Crippen LogP contribution in [0.15, 0.2) is 42.5 Å². The molecule has 0 fully saturated rings. The Labute approximate surface area is 123 Å². The Kier molecular flexibility index (Phi) is 4.56. The number of ketones is 1. The molecule has 2 rings (SSSR count). The molecule has 0 aliphatic rings. The maximum absolute atomic E-state index is 13.0. The molecule has 0 aliphatic carbocycles. The monoisotopic (exact) mass is 290 g/mol. The van der Waals surface area contributed by atoms with E-state index < -0.39 is 5.82 Å². The second kappa shape index (κ2) is 6.19. The van der Waals surface area contributed by atoms with Crippen LogP contribution in [-0.2, 0) is 6.42 Å². The second-order valence-corrected chi connectivity index (χ2v) is 5.66. The normalized spacial score (nSPS) is 10.8. The largest absolute Gasteiger partial charge is 0.289 e. The van der Waals surface area contributed by atoms with Crippen LogP contribution in [0, 0.1) is 11.7 Å². The molecule has 0 N–H and O–H groups in total. The van der Waals surface area contributed by atoms with Gasteiger partial charge in [-0.2, -0.15) is 0 Å². The lowest BCUT2D eigenvalue weighted by molar-refractivity contribution is 0.103. The highest BCUT2D eigenvalue weighted by Crippen LogP contribution is 2.21. The first-order valence-electron chi connectivity index (χ1n) is 6.56. The number of rotatable bonds is 4. The van der Waals surface area contributed by atoms with E-state index in [-0.39, 0.29) is 10.8 Å². The molecule has 0 spiro atoms. The van der Waals surface area contributed by atoms with Crippen molar-refractivity contribution in [3.05, 3.63) is 70.0 Å². The van der Waals surface area contributed by atoms with Crippen molar-refractivity contribution >= 4 is 17.4 Å². The fourth-order valence-corrected chi connectivity index (χ4v) is 2.35. The van der Waals surface area contributed by atoms with Gasteiger partial charge in [0.1, 0.15) is 5.82 Å². The highest BCUT2D eigenvalue weighted by molar-refractivity contribution is 6.35. The van der Waals surface area contributed by atoms with Crippen LogP contribution in [0.1, 0.15) is 35.3 Å². The van der Waals surface area contributed by atoms with Gasteiger partial charge >= 0.3 is 0 Å². The molecule has 0 aromatic heterocycles. The zero-order valence-electron chi connectivity index (χ0n) is 11.5. The van der Waals surface area contributed by atoms with Crippen molar-refractivity contribution in [3.63, 3.8) is 0 Å². The van der Waals surface area contributed by atoms with Crippen LogP contribution < -0.4 is 0 Å². The number of carbonyl (C=O) groups is 1. The molecule has 0 saturated heterocycles. The second-order valence-electron chi connectivity index (χ2n) is 5.25. The summed E-state index contributed by atoms with van der Waals surface area (Å²) >= 11 is 5.91. The van der Waals surface area contributed by atoms with Crippen LogP contribution in [0.25, 0.3) is 0 Å². The van der Waals surface area contributed by atoms with E-state index >= 15 is 0 Å². The molecule has 0 saturated carbocycles. The van der Waals surface area contributed by atoms with Crippen molar-refractivity contribution in [2.75, 3.05) is 0 Å². The molecule has 0 unspecified atom stereocenters. The van der Waals surface area contributed by atoms with E-state index in [0.29, 0.717) is 17.0 Å². The Morgan fingerprint density at radius 2 is 1.80 bits per heavy atom. The van der Waals surface area contributed by atoms with Gasteiger partial charge in [-0.05, 0) is 36.1 Å². The number of carbonyl (C=O) groups excluding carboxylic acids is 1. The molecule has 3 heteroatoms. The van der Waals surface area contributed by atoms with Crippen LogP contribution >= 0.6 is 11.6 Å². The molecule has 2 aromatic carbocycles. The van der Waals surface area contributed by atoms with Crippen LogP contribution in [0.4, 0.5) is 4.39 Å². The molecular weight excluding hydrogens is 275 g/mol. The van der Waals surface area contributed by atoms with Crippen molar-refractivity contribution < 1.29 is 9.18 Å². The van der Waals surface area contributed by atoms with Crippen LogP contribution in [-0.4, -0.2) is 5.78 Å². The summed E-state index contributed by atoms with van der Waals surface area (Å²) in [6.07, 6.45) is 0.978. The molecule has 0 bridgehead atoms. The summed E-state index contributed by atoms with van der Waals surface area (Å²) in [5.41, 5.74) is 2.08. The van der Waals surface area contributed by atoms with Gasteiger partial charge in [0, 0.05) is 11.1 Å². The third-order valence-electron chi connectivity index (χ3n) is 3.04. The van der Waals surface area contributed by atoms with Gasteiger partial charge in [0.05, 0.1) is 5.02 Å². The Bertz CT molecular complexity index is 617. The molecule has 1 nitrogen and oxygen atoms in total. The van der Waals surface area contributed by atoms with Crippen molar-refractivity contribution in [1.82, 2.24) is 0 Å². The Balaban J connectivity index is 2.25. The van der Waals surface area contributed by atoms with E-state index in [1.807, 2.05) is 12.1 Å². The highest BCUT2D eigenvalue weighted by atomic mass is 35.5. The maximum Gasteiger partial charge on any atom is 0.194 e. The van der Waals surface area contributed by atoms with Crippen LogP contribution in [0.3, 0.4) is 0 Å². The van der Waals surface area contributed by atoms with E-state index in [0.717, 1.165) is 12.5 Å². The third-order valence-corrected chi connectivity index (χ3v) is 3.35. The minimum absolute atomic E-state index is 0.140. The predicted octanol–water partition coefficient (Wildman–Crippen LogP) is 4.91. The number of halogens is 2. The van der Waals surface area contributed by atoms with Crippen molar-refractivity contribution in [1.29, 1.82) is 0 Å². The summed E-state index contributed by atoms with van der Waals surface area (Å²) < 4.78 is 13.0. The van der Waals surface area contributed by atoms with Gasteiger partial charge in [-0.1, -0.05) is 49.7 Å². The van der Waals surface area contributed by atoms with Gasteiger partial charge in [-0.15, -0.1) is 0 Å². The van der Waals surface area contributed by atoms with Crippen molar-refractivity contribution in [3.8, 4) is 0 Å². The van der Waals surface area contributed by atoms with Crippen LogP contribution in [0.5, 0.6) is 0 Å². The van der Waals surface area contributed by atoms with Gasteiger partial charge in [0.25, 0.3) is 0 Å². The quantitative estimate of drug-likeness (QED) is 0.731. The first kappa shape index (κ1) is 14.7. The summed E-state index contributed by atoms with van der Waals surface area (Å²) in [6.45, 7) is 4.30. The number of benzene rings is 2. The standard InChI is InChI=1S/C17H16ClFO/c1-11(2)9-12-3-5-13(6-4-12)17(20)15-8-7-14(19)10-16(15)18/h3-8,10-11H,9H2,1-2H3. The first-order valence-corrected chi connectivity index (χ1v) is 6.94. The molecule has 20 heavy (non-hydrogen) atoms. The van der Waals surface area contributed by atoms with E-state index in [1.165, 1.54) is 17.7 Å². The maximum atomic E-state index is 13.0. The SMILES string of the molecule is CC(C)Cc1ccc(C(=O)c2ccc(F)cc2Cl)cc1. The molecule has 0 aliphatic heterocycles. The fraction of sp³-hybridized carbons (Fsp3) is 0.235. The van der Waals surface area contributed by atoms with E-state index in [2.05, 4.69) is 13.8 Å². The summed E-state index contributed by atoms with van der Waals surface area (Å²) in [5, 5.41) is 0.140. The lowest BCUT2D eigenvalue weighted by Crippen LogP contribution is -2.03. The zero-order chi connectivity index (χ0) is 14.7. The topological polar surface area (TPSA) is 17.1 Å². The molecule has 0 radical (unpaired) electrons. The molecule has 0 atom stereocenters. The van der Waals surface area contributed by atoms with Crippen molar-refractivity contribution in [2.24, 2.45) is 5.92 Å². The van der Waals surface area contributed by atoms with Gasteiger partial charge in [-0.3, -0.25) is 4.79 Å². The summed E-state index contributed by atoms with van der Waals surface area (Å²) in [7, 11) is 0. The highest BCUT2D eigenvalue weighted by Gasteiger charge is 2.13. The van der Waals surface area contributed by atoms with Gasteiger partial charge in [-0.25, -0.2) is 4.39 Å². The summed E-state index contributed by atoms with van der Waals surface area (Å²) in [6, 6.07) is 11.3. The zero-order valence-corrected chi connectivity index (χ0v) is 12.2. The minimum Gasteiger partial charge on any atom is -0.289 e. The Hall–Kier alpha value is -1.67. The van der Waals surface area contributed by atoms with Gasteiger partial charge < -0.3 is 0 Å². The average molecular weight is 291 g/mol. The van der Waals surface area contributed by atoms with Crippen LogP contribution in [0.2, 0.25) is 5.02 Å². The lowest BCUT2D eigenvalue weighted by atomic mass is 9.98. The average Bonchev–Trinajstić information content (AvgIpc) is 2.38. The Morgan fingerprint density at radius 3 is 2.35 bits per heavy atom. The molecule has 104 valence electrons. The van der Waals surface area contributed by atoms with Crippen molar-refractivity contribution in [2.45, 2.75) is 20.3 Å². The van der Waals surface area contributed by atoms with Gasteiger partial charge in [0.2, 0.25) is 0 Å². The number of hydrogen-bond acceptors (Lipinski definition) is 1. The first-order chi connectivity index (χ1) is 9.47. The summed E-state index contributed by atoms with van der Waals surface area (Å²) in [4.78, 5) is 12.3. The molecule has 0 heterocycles. The minimum atomic E-state index is -0.446.